The van der Waals surface area contributed by atoms with E-state index in [1.54, 1.807) is 0 Å². The third-order valence-corrected chi connectivity index (χ3v) is 3.07. The lowest BCUT2D eigenvalue weighted by atomic mass is 9.87. The molecule has 0 saturated heterocycles. The second-order valence-electron chi connectivity index (χ2n) is 6.13. The molecular weight excluding hydrogens is 234 g/mol. The van der Waals surface area contributed by atoms with Gasteiger partial charge in [-0.3, -0.25) is 0 Å². The second kappa shape index (κ2) is 4.75. The van der Waals surface area contributed by atoms with Gasteiger partial charge < -0.3 is 10.6 Å². The molecule has 0 spiro atoms. The summed E-state index contributed by atoms with van der Waals surface area (Å²) in [6.07, 6.45) is 1.86. The summed E-state index contributed by atoms with van der Waals surface area (Å²) < 4.78 is 26.9. The van der Waals surface area contributed by atoms with Crippen LogP contribution in [-0.4, -0.2) is 12.6 Å². The van der Waals surface area contributed by atoms with Gasteiger partial charge in [0.15, 0.2) is 5.82 Å². The van der Waals surface area contributed by atoms with Crippen LogP contribution in [0.4, 0.5) is 20.2 Å². The highest BCUT2D eigenvalue weighted by atomic mass is 19.1. The molecule has 0 bridgehead atoms. The number of benzene rings is 1. The van der Waals surface area contributed by atoms with E-state index in [4.69, 9.17) is 0 Å². The van der Waals surface area contributed by atoms with Gasteiger partial charge in [-0.2, -0.15) is 0 Å². The van der Waals surface area contributed by atoms with Crippen LogP contribution in [0.25, 0.3) is 0 Å². The molecule has 1 aliphatic heterocycles. The molecule has 1 heterocycles. The normalized spacial score (nSPS) is 19.5. The molecule has 1 unspecified atom stereocenters. The summed E-state index contributed by atoms with van der Waals surface area (Å²) in [5.41, 5.74) is 1.10. The zero-order valence-corrected chi connectivity index (χ0v) is 11.1. The fourth-order valence-corrected chi connectivity index (χ4v) is 2.42. The quantitative estimate of drug-likeness (QED) is 0.791. The van der Waals surface area contributed by atoms with Gasteiger partial charge >= 0.3 is 0 Å². The SMILES string of the molecule is CC(C)(C)CC1CCNc2c(F)cc(F)cc2N1. The maximum Gasteiger partial charge on any atom is 0.151 e. The molecule has 2 rings (SSSR count). The van der Waals surface area contributed by atoms with Gasteiger partial charge in [-0.1, -0.05) is 20.8 Å². The molecule has 18 heavy (non-hydrogen) atoms. The summed E-state index contributed by atoms with van der Waals surface area (Å²) in [7, 11) is 0. The molecule has 4 heteroatoms. The first-order valence-corrected chi connectivity index (χ1v) is 6.34. The van der Waals surface area contributed by atoms with E-state index in [0.717, 1.165) is 18.9 Å². The first-order valence-electron chi connectivity index (χ1n) is 6.34. The average Bonchev–Trinajstić information content (AvgIpc) is 2.36. The van der Waals surface area contributed by atoms with Crippen LogP contribution >= 0.6 is 0 Å². The second-order valence-corrected chi connectivity index (χ2v) is 6.13. The minimum Gasteiger partial charge on any atom is -0.381 e. The standard InChI is InChI=1S/C14H20F2N2/c1-14(2,3)8-10-4-5-17-13-11(16)6-9(15)7-12(13)18-10/h6-7,10,17-18H,4-5,8H2,1-3H3. The van der Waals surface area contributed by atoms with Crippen molar-refractivity contribution in [3.63, 3.8) is 0 Å². The van der Waals surface area contributed by atoms with E-state index in [1.807, 2.05) is 0 Å². The summed E-state index contributed by atoms with van der Waals surface area (Å²) in [5.74, 6) is -1.08. The number of nitrogens with one attached hydrogen (secondary N) is 2. The largest absolute Gasteiger partial charge is 0.381 e. The van der Waals surface area contributed by atoms with Crippen molar-refractivity contribution < 1.29 is 8.78 Å². The van der Waals surface area contributed by atoms with E-state index in [1.165, 1.54) is 6.07 Å². The van der Waals surface area contributed by atoms with Crippen LogP contribution < -0.4 is 10.6 Å². The highest BCUT2D eigenvalue weighted by Crippen LogP contribution is 2.32. The van der Waals surface area contributed by atoms with Gasteiger partial charge in [-0.25, -0.2) is 8.78 Å². The van der Waals surface area contributed by atoms with Gasteiger partial charge in [0, 0.05) is 18.7 Å². The van der Waals surface area contributed by atoms with Crippen LogP contribution in [0.2, 0.25) is 0 Å². The molecule has 2 nitrogen and oxygen atoms in total. The minimum atomic E-state index is -0.544. The fraction of sp³-hybridized carbons (Fsp3) is 0.571. The Labute approximate surface area is 107 Å². The van der Waals surface area contributed by atoms with Crippen molar-refractivity contribution in [1.29, 1.82) is 0 Å². The van der Waals surface area contributed by atoms with Gasteiger partial charge in [-0.15, -0.1) is 0 Å². The Balaban J connectivity index is 2.24. The lowest BCUT2D eigenvalue weighted by Crippen LogP contribution is -2.26. The van der Waals surface area contributed by atoms with E-state index in [0.29, 0.717) is 17.9 Å². The Bertz CT molecular complexity index is 438. The lowest BCUT2D eigenvalue weighted by molar-refractivity contribution is 0.345. The maximum absolute atomic E-state index is 13.6. The van der Waals surface area contributed by atoms with Crippen molar-refractivity contribution in [2.45, 2.75) is 39.7 Å². The molecule has 0 aliphatic carbocycles. The summed E-state index contributed by atoms with van der Waals surface area (Å²) in [5, 5.41) is 6.29. The summed E-state index contributed by atoms with van der Waals surface area (Å²) in [4.78, 5) is 0. The van der Waals surface area contributed by atoms with Crippen molar-refractivity contribution in [1.82, 2.24) is 0 Å². The molecule has 0 fully saturated rings. The molecule has 0 aromatic heterocycles. The monoisotopic (exact) mass is 254 g/mol. The van der Waals surface area contributed by atoms with E-state index < -0.39 is 11.6 Å². The Kier molecular flexibility index (Phi) is 3.46. The number of hydrogen-bond acceptors (Lipinski definition) is 2. The number of rotatable bonds is 1. The fourth-order valence-electron chi connectivity index (χ4n) is 2.42. The first kappa shape index (κ1) is 13.1. The Morgan fingerprint density at radius 2 is 2.00 bits per heavy atom. The third kappa shape index (κ3) is 3.12. The van der Waals surface area contributed by atoms with Crippen molar-refractivity contribution in [3.8, 4) is 0 Å². The summed E-state index contributed by atoms with van der Waals surface area (Å²) in [6.45, 7) is 7.20. The van der Waals surface area contributed by atoms with Gasteiger partial charge in [0.2, 0.25) is 0 Å². The minimum absolute atomic E-state index is 0.189. The molecule has 0 saturated carbocycles. The predicted molar refractivity (Wildman–Crippen MR) is 70.9 cm³/mol. The van der Waals surface area contributed by atoms with Crippen LogP contribution in [0.3, 0.4) is 0 Å². The van der Waals surface area contributed by atoms with Crippen LogP contribution in [0.5, 0.6) is 0 Å². The van der Waals surface area contributed by atoms with Crippen molar-refractivity contribution in [2.75, 3.05) is 17.2 Å². The van der Waals surface area contributed by atoms with Gasteiger partial charge in [0.1, 0.15) is 5.82 Å². The Morgan fingerprint density at radius 1 is 1.28 bits per heavy atom. The molecular formula is C14H20F2N2. The summed E-state index contributed by atoms with van der Waals surface area (Å²) in [6, 6.07) is 2.50. The number of anilines is 2. The van der Waals surface area contributed by atoms with E-state index >= 15 is 0 Å². The zero-order valence-electron chi connectivity index (χ0n) is 11.1. The Morgan fingerprint density at radius 3 is 2.67 bits per heavy atom. The van der Waals surface area contributed by atoms with Gasteiger partial charge in [0.25, 0.3) is 0 Å². The molecule has 1 aromatic carbocycles. The van der Waals surface area contributed by atoms with Crippen LogP contribution in [0.1, 0.15) is 33.6 Å². The zero-order chi connectivity index (χ0) is 13.3. The lowest BCUT2D eigenvalue weighted by Gasteiger charge is -2.26. The van der Waals surface area contributed by atoms with E-state index in [9.17, 15) is 8.78 Å². The van der Waals surface area contributed by atoms with E-state index in [2.05, 4.69) is 31.4 Å². The molecule has 100 valence electrons. The van der Waals surface area contributed by atoms with E-state index in [-0.39, 0.29) is 11.5 Å². The maximum atomic E-state index is 13.6. The van der Waals surface area contributed by atoms with Crippen molar-refractivity contribution in [2.24, 2.45) is 5.41 Å². The molecule has 1 aromatic rings. The number of fused-ring (bicyclic) bond motifs is 1. The predicted octanol–water partition coefficient (Wildman–Crippen LogP) is 4.00. The highest BCUT2D eigenvalue weighted by Gasteiger charge is 2.23. The molecule has 1 aliphatic rings. The molecule has 2 N–H and O–H groups in total. The van der Waals surface area contributed by atoms with Crippen molar-refractivity contribution >= 4 is 11.4 Å². The topological polar surface area (TPSA) is 24.1 Å². The smallest absolute Gasteiger partial charge is 0.151 e. The molecule has 0 radical (unpaired) electrons. The van der Waals surface area contributed by atoms with Crippen LogP contribution in [0, 0.1) is 17.0 Å². The van der Waals surface area contributed by atoms with Crippen molar-refractivity contribution in [3.05, 3.63) is 23.8 Å². The van der Waals surface area contributed by atoms with Crippen LogP contribution in [-0.2, 0) is 0 Å². The first-order chi connectivity index (χ1) is 8.35. The Hall–Kier alpha value is -1.32. The molecule has 0 amide bonds. The van der Waals surface area contributed by atoms with Gasteiger partial charge in [-0.05, 0) is 24.3 Å². The van der Waals surface area contributed by atoms with Gasteiger partial charge in [0.05, 0.1) is 11.4 Å². The molecule has 1 atom stereocenters. The number of halogens is 2. The number of hydrogen-bond donors (Lipinski definition) is 2. The summed E-state index contributed by atoms with van der Waals surface area (Å²) >= 11 is 0. The highest BCUT2D eigenvalue weighted by molar-refractivity contribution is 5.70. The average molecular weight is 254 g/mol. The van der Waals surface area contributed by atoms with Crippen LogP contribution in [0.15, 0.2) is 12.1 Å². The third-order valence-electron chi connectivity index (χ3n) is 3.07.